The van der Waals surface area contributed by atoms with E-state index in [0.717, 1.165) is 43.2 Å². The van der Waals surface area contributed by atoms with Gasteiger partial charge in [-0.05, 0) is 45.1 Å². The monoisotopic (exact) mass is 291 g/mol. The van der Waals surface area contributed by atoms with Crippen molar-refractivity contribution in [3.8, 4) is 0 Å². The van der Waals surface area contributed by atoms with Gasteiger partial charge >= 0.3 is 0 Å². The summed E-state index contributed by atoms with van der Waals surface area (Å²) in [6.45, 7) is 14.6. The molecule has 1 aliphatic heterocycles. The molecule has 0 spiro atoms. The zero-order valence-electron chi connectivity index (χ0n) is 14.3. The molecule has 0 radical (unpaired) electrons. The smallest absolute Gasteiger partial charge is 0.160 e. The molecule has 1 fully saturated rings. The normalized spacial score (nSPS) is 23.8. The SMILES string of the molecule is Cc1nc(C2(C)CCCO2)nc(C)c1C(C)CNC(C)C. The third kappa shape index (κ3) is 3.61. The largest absolute Gasteiger partial charge is 0.367 e. The highest BCUT2D eigenvalue weighted by Gasteiger charge is 2.35. The van der Waals surface area contributed by atoms with Gasteiger partial charge in [-0.2, -0.15) is 0 Å². The second-order valence-corrected chi connectivity index (χ2v) is 6.78. The van der Waals surface area contributed by atoms with Crippen LogP contribution in [0.15, 0.2) is 0 Å². The van der Waals surface area contributed by atoms with Crippen molar-refractivity contribution < 1.29 is 4.74 Å². The van der Waals surface area contributed by atoms with Gasteiger partial charge in [0.1, 0.15) is 5.60 Å². The maximum absolute atomic E-state index is 5.88. The first-order valence-corrected chi connectivity index (χ1v) is 8.06. The van der Waals surface area contributed by atoms with Crippen molar-refractivity contribution in [2.75, 3.05) is 13.2 Å². The second kappa shape index (κ2) is 6.41. The van der Waals surface area contributed by atoms with E-state index in [-0.39, 0.29) is 5.60 Å². The third-order valence-corrected chi connectivity index (χ3v) is 4.34. The van der Waals surface area contributed by atoms with Gasteiger partial charge in [0.25, 0.3) is 0 Å². The van der Waals surface area contributed by atoms with Crippen LogP contribution in [0, 0.1) is 13.8 Å². The van der Waals surface area contributed by atoms with Crippen molar-refractivity contribution >= 4 is 0 Å². The molecule has 118 valence electrons. The van der Waals surface area contributed by atoms with Crippen LogP contribution in [0.4, 0.5) is 0 Å². The summed E-state index contributed by atoms with van der Waals surface area (Å²) in [5.74, 6) is 1.27. The van der Waals surface area contributed by atoms with Gasteiger partial charge in [-0.15, -0.1) is 0 Å². The molecule has 21 heavy (non-hydrogen) atoms. The van der Waals surface area contributed by atoms with E-state index >= 15 is 0 Å². The lowest BCUT2D eigenvalue weighted by Gasteiger charge is -2.25. The Morgan fingerprint density at radius 2 is 1.81 bits per heavy atom. The molecule has 0 aliphatic carbocycles. The van der Waals surface area contributed by atoms with Crippen LogP contribution in [0.5, 0.6) is 0 Å². The average molecular weight is 291 g/mol. The van der Waals surface area contributed by atoms with Crippen molar-refractivity contribution in [1.82, 2.24) is 15.3 Å². The predicted molar refractivity (Wildman–Crippen MR) is 85.6 cm³/mol. The van der Waals surface area contributed by atoms with Crippen LogP contribution >= 0.6 is 0 Å². The molecule has 0 amide bonds. The lowest BCUT2D eigenvalue weighted by Crippen LogP contribution is -2.29. The molecule has 4 nitrogen and oxygen atoms in total. The molecule has 2 unspecified atom stereocenters. The molecule has 1 saturated heterocycles. The highest BCUT2D eigenvalue weighted by Crippen LogP contribution is 2.34. The predicted octanol–water partition coefficient (Wildman–Crippen LogP) is 3.22. The van der Waals surface area contributed by atoms with E-state index in [1.54, 1.807) is 0 Å². The van der Waals surface area contributed by atoms with Crippen LogP contribution in [0.3, 0.4) is 0 Å². The van der Waals surface area contributed by atoms with Gasteiger partial charge in [-0.25, -0.2) is 9.97 Å². The van der Waals surface area contributed by atoms with Gasteiger partial charge in [0, 0.05) is 30.6 Å². The number of hydrogen-bond donors (Lipinski definition) is 1. The second-order valence-electron chi connectivity index (χ2n) is 6.78. The summed E-state index contributed by atoms with van der Waals surface area (Å²) in [7, 11) is 0. The minimum Gasteiger partial charge on any atom is -0.367 e. The molecule has 0 bridgehead atoms. The third-order valence-electron chi connectivity index (χ3n) is 4.34. The Hall–Kier alpha value is -1.00. The first-order valence-electron chi connectivity index (χ1n) is 8.06. The lowest BCUT2D eigenvalue weighted by atomic mass is 9.96. The molecule has 2 heterocycles. The first-order chi connectivity index (χ1) is 9.83. The van der Waals surface area contributed by atoms with Gasteiger partial charge in [0.05, 0.1) is 0 Å². The maximum atomic E-state index is 5.88. The van der Waals surface area contributed by atoms with Gasteiger partial charge in [0.15, 0.2) is 5.82 Å². The number of ether oxygens (including phenoxy) is 1. The van der Waals surface area contributed by atoms with Crippen LogP contribution in [0.2, 0.25) is 0 Å². The van der Waals surface area contributed by atoms with E-state index in [1.165, 1.54) is 5.56 Å². The minimum atomic E-state index is -0.298. The summed E-state index contributed by atoms with van der Waals surface area (Å²) < 4.78 is 5.88. The summed E-state index contributed by atoms with van der Waals surface area (Å²) in [6, 6.07) is 0.499. The minimum absolute atomic E-state index is 0.298. The molecular formula is C17H29N3O. The number of aryl methyl sites for hydroxylation is 2. The van der Waals surface area contributed by atoms with Gasteiger partial charge in [-0.3, -0.25) is 0 Å². The summed E-state index contributed by atoms with van der Waals surface area (Å²) in [4.78, 5) is 9.54. The van der Waals surface area contributed by atoms with E-state index in [2.05, 4.69) is 46.9 Å². The molecule has 1 aromatic heterocycles. The average Bonchev–Trinajstić information content (AvgIpc) is 2.83. The number of aromatic nitrogens is 2. The van der Waals surface area contributed by atoms with E-state index < -0.39 is 0 Å². The van der Waals surface area contributed by atoms with Gasteiger partial charge in [0.2, 0.25) is 0 Å². The Bertz CT molecular complexity index is 470. The molecule has 1 N–H and O–H groups in total. The van der Waals surface area contributed by atoms with Crippen molar-refractivity contribution in [2.24, 2.45) is 0 Å². The zero-order chi connectivity index (χ0) is 15.6. The topological polar surface area (TPSA) is 47.0 Å². The van der Waals surface area contributed by atoms with Crippen molar-refractivity contribution in [3.63, 3.8) is 0 Å². The Balaban J connectivity index is 2.25. The van der Waals surface area contributed by atoms with Crippen molar-refractivity contribution in [3.05, 3.63) is 22.8 Å². The summed E-state index contributed by atoms with van der Waals surface area (Å²) >= 11 is 0. The van der Waals surface area contributed by atoms with Gasteiger partial charge < -0.3 is 10.1 Å². The lowest BCUT2D eigenvalue weighted by molar-refractivity contribution is 0.00900. The summed E-state index contributed by atoms with van der Waals surface area (Å²) in [6.07, 6.45) is 2.10. The number of hydrogen-bond acceptors (Lipinski definition) is 4. The summed E-state index contributed by atoms with van der Waals surface area (Å²) in [5, 5.41) is 3.50. The molecule has 0 aromatic carbocycles. The number of nitrogens with one attached hydrogen (secondary N) is 1. The standard InChI is InChI=1S/C17H29N3O/c1-11(2)18-10-12(3)15-13(4)19-16(20-14(15)5)17(6)8-7-9-21-17/h11-12,18H,7-10H2,1-6H3. The van der Waals surface area contributed by atoms with E-state index in [4.69, 9.17) is 14.7 Å². The van der Waals surface area contributed by atoms with Crippen molar-refractivity contribution in [2.45, 2.75) is 71.9 Å². The Morgan fingerprint density at radius 1 is 1.19 bits per heavy atom. The maximum Gasteiger partial charge on any atom is 0.160 e. The fourth-order valence-electron chi connectivity index (χ4n) is 3.14. The fraction of sp³-hybridized carbons (Fsp3) is 0.765. The zero-order valence-corrected chi connectivity index (χ0v) is 14.3. The van der Waals surface area contributed by atoms with Crippen LogP contribution < -0.4 is 5.32 Å². The van der Waals surface area contributed by atoms with Crippen LogP contribution in [0.1, 0.15) is 69.2 Å². The highest BCUT2D eigenvalue weighted by molar-refractivity contribution is 5.29. The number of rotatable bonds is 5. The molecule has 2 rings (SSSR count). The molecule has 1 aromatic rings. The molecule has 1 aliphatic rings. The summed E-state index contributed by atoms with van der Waals surface area (Å²) in [5.41, 5.74) is 3.15. The first kappa shape index (κ1) is 16.4. The molecular weight excluding hydrogens is 262 g/mol. The van der Waals surface area contributed by atoms with E-state index in [1.807, 2.05) is 0 Å². The van der Waals surface area contributed by atoms with E-state index in [0.29, 0.717) is 12.0 Å². The van der Waals surface area contributed by atoms with E-state index in [9.17, 15) is 0 Å². The Labute approximate surface area is 128 Å². The highest BCUT2D eigenvalue weighted by atomic mass is 16.5. The van der Waals surface area contributed by atoms with Crippen LogP contribution in [0.25, 0.3) is 0 Å². The van der Waals surface area contributed by atoms with Crippen LogP contribution in [-0.2, 0) is 10.3 Å². The van der Waals surface area contributed by atoms with Crippen LogP contribution in [-0.4, -0.2) is 29.2 Å². The fourth-order valence-corrected chi connectivity index (χ4v) is 3.14. The Kier molecular flexibility index (Phi) is 4.99. The molecule has 2 atom stereocenters. The number of nitrogens with zero attached hydrogens (tertiary/aromatic N) is 2. The Morgan fingerprint density at radius 3 is 2.29 bits per heavy atom. The van der Waals surface area contributed by atoms with Crippen molar-refractivity contribution in [1.29, 1.82) is 0 Å². The molecule has 4 heteroatoms. The quantitative estimate of drug-likeness (QED) is 0.905. The van der Waals surface area contributed by atoms with Gasteiger partial charge in [-0.1, -0.05) is 20.8 Å². The molecule has 0 saturated carbocycles.